The molecule has 0 atom stereocenters. The fourth-order valence-corrected chi connectivity index (χ4v) is 2.99. The van der Waals surface area contributed by atoms with Gasteiger partial charge in [-0.2, -0.15) is 0 Å². The van der Waals surface area contributed by atoms with Gasteiger partial charge >= 0.3 is 0 Å². The lowest BCUT2D eigenvalue weighted by Crippen LogP contribution is -2.13. The highest BCUT2D eigenvalue weighted by Gasteiger charge is 2.10. The van der Waals surface area contributed by atoms with Gasteiger partial charge in [-0.1, -0.05) is 38.1 Å². The minimum absolute atomic E-state index is 0.0128. The van der Waals surface area contributed by atoms with Crippen molar-refractivity contribution in [2.24, 2.45) is 0 Å². The number of hydrogen-bond donors (Lipinski definition) is 1. The highest BCUT2D eigenvalue weighted by Crippen LogP contribution is 2.26. The van der Waals surface area contributed by atoms with Gasteiger partial charge in [0.05, 0.1) is 5.69 Å². The molecule has 4 heteroatoms. The van der Waals surface area contributed by atoms with Crippen LogP contribution in [0.15, 0.2) is 36.4 Å². The number of carbonyl (C=O) groups is 1. The number of rotatable bonds is 6. The highest BCUT2D eigenvalue weighted by atomic mass is 127. The van der Waals surface area contributed by atoms with Crippen LogP contribution >= 0.6 is 22.6 Å². The maximum absolute atomic E-state index is 11.7. The molecule has 3 nitrogen and oxygen atoms in total. The molecule has 0 fully saturated rings. The van der Waals surface area contributed by atoms with Gasteiger partial charge < -0.3 is 10.1 Å². The minimum atomic E-state index is 0.0128. The molecule has 1 amide bonds. The summed E-state index contributed by atoms with van der Waals surface area (Å²) in [6.45, 7) is 6.48. The number of halogens is 1. The third-order valence-electron chi connectivity index (χ3n) is 3.72. The zero-order valence-corrected chi connectivity index (χ0v) is 15.9. The standard InChI is InChI=1S/C19H22INO2/c1-4-14-9-10-17(13(3)11-14)23-12-15-7-6-8-16(20)19(15)21-18(22)5-2/h6-11H,4-5,12H2,1-3H3,(H,21,22). The number of amides is 1. The molecule has 1 N–H and O–H groups in total. The number of para-hydroxylation sites is 1. The molecule has 0 aliphatic heterocycles. The van der Waals surface area contributed by atoms with Crippen molar-refractivity contribution in [1.29, 1.82) is 0 Å². The van der Waals surface area contributed by atoms with E-state index in [0.717, 1.165) is 32.6 Å². The van der Waals surface area contributed by atoms with E-state index in [4.69, 9.17) is 4.74 Å². The number of ether oxygens (including phenoxy) is 1. The lowest BCUT2D eigenvalue weighted by molar-refractivity contribution is -0.115. The Labute approximate surface area is 151 Å². The van der Waals surface area contributed by atoms with Crippen molar-refractivity contribution in [2.45, 2.75) is 40.2 Å². The van der Waals surface area contributed by atoms with Crippen LogP contribution in [0, 0.1) is 10.5 Å². The van der Waals surface area contributed by atoms with E-state index >= 15 is 0 Å². The van der Waals surface area contributed by atoms with E-state index in [1.807, 2.05) is 31.2 Å². The second-order valence-electron chi connectivity index (χ2n) is 5.42. The van der Waals surface area contributed by atoms with Crippen LogP contribution in [0.1, 0.15) is 37.0 Å². The summed E-state index contributed by atoms with van der Waals surface area (Å²) in [7, 11) is 0. The molecule has 0 aliphatic rings. The van der Waals surface area contributed by atoms with Crippen molar-refractivity contribution < 1.29 is 9.53 Å². The normalized spacial score (nSPS) is 10.4. The summed E-state index contributed by atoms with van der Waals surface area (Å²) < 4.78 is 7.00. The summed E-state index contributed by atoms with van der Waals surface area (Å²) in [4.78, 5) is 11.7. The number of carbonyl (C=O) groups excluding carboxylic acids is 1. The van der Waals surface area contributed by atoms with Crippen molar-refractivity contribution in [2.75, 3.05) is 5.32 Å². The van der Waals surface area contributed by atoms with Gasteiger partial charge in [0.2, 0.25) is 5.91 Å². The summed E-state index contributed by atoms with van der Waals surface area (Å²) in [5.41, 5.74) is 4.27. The van der Waals surface area contributed by atoms with Crippen molar-refractivity contribution >= 4 is 34.2 Å². The molecule has 0 unspecified atom stereocenters. The van der Waals surface area contributed by atoms with Crippen LogP contribution in [0.5, 0.6) is 5.75 Å². The Morgan fingerprint density at radius 2 is 2.00 bits per heavy atom. The second-order valence-corrected chi connectivity index (χ2v) is 6.58. The van der Waals surface area contributed by atoms with Crippen LogP contribution in [-0.2, 0) is 17.8 Å². The summed E-state index contributed by atoms with van der Waals surface area (Å²) in [5, 5.41) is 2.97. The van der Waals surface area contributed by atoms with Crippen LogP contribution in [0.4, 0.5) is 5.69 Å². The number of nitrogens with one attached hydrogen (secondary N) is 1. The Morgan fingerprint density at radius 1 is 1.22 bits per heavy atom. The molecule has 0 aliphatic carbocycles. The highest BCUT2D eigenvalue weighted by molar-refractivity contribution is 14.1. The van der Waals surface area contributed by atoms with E-state index in [1.54, 1.807) is 0 Å². The van der Waals surface area contributed by atoms with Gasteiger partial charge in [0.25, 0.3) is 0 Å². The molecule has 0 bridgehead atoms. The molecule has 0 saturated heterocycles. The molecule has 2 rings (SSSR count). The smallest absolute Gasteiger partial charge is 0.224 e. The predicted molar refractivity (Wildman–Crippen MR) is 103 cm³/mol. The van der Waals surface area contributed by atoms with Gasteiger partial charge in [-0.15, -0.1) is 0 Å². The molecule has 2 aromatic carbocycles. The molecule has 0 heterocycles. The van der Waals surface area contributed by atoms with Crippen LogP contribution in [0.25, 0.3) is 0 Å². The molecule has 0 radical (unpaired) electrons. The van der Waals surface area contributed by atoms with E-state index in [9.17, 15) is 4.79 Å². The van der Waals surface area contributed by atoms with Gasteiger partial charge in [0, 0.05) is 15.6 Å². The van der Waals surface area contributed by atoms with Gasteiger partial charge in [-0.05, 0) is 59.2 Å². The number of anilines is 1. The van der Waals surface area contributed by atoms with Gasteiger partial charge in [0.1, 0.15) is 12.4 Å². The number of aryl methyl sites for hydroxylation is 2. The van der Waals surface area contributed by atoms with E-state index in [0.29, 0.717) is 13.0 Å². The summed E-state index contributed by atoms with van der Waals surface area (Å²) in [6, 6.07) is 12.2. The minimum Gasteiger partial charge on any atom is -0.489 e. The fourth-order valence-electron chi connectivity index (χ4n) is 2.31. The maximum atomic E-state index is 11.7. The Hall–Kier alpha value is -1.56. The average molecular weight is 423 g/mol. The largest absolute Gasteiger partial charge is 0.489 e. The molecule has 2 aromatic rings. The SMILES string of the molecule is CCC(=O)Nc1c(I)cccc1COc1ccc(CC)cc1C. The number of hydrogen-bond acceptors (Lipinski definition) is 2. The Balaban J connectivity index is 2.17. The summed E-state index contributed by atoms with van der Waals surface area (Å²) >= 11 is 2.24. The predicted octanol–water partition coefficient (Wildman–Crippen LogP) is 5.09. The van der Waals surface area contributed by atoms with E-state index in [2.05, 4.69) is 53.9 Å². The first kappa shape index (κ1) is 17.8. The van der Waals surface area contributed by atoms with Crippen LogP contribution < -0.4 is 10.1 Å². The topological polar surface area (TPSA) is 38.3 Å². The lowest BCUT2D eigenvalue weighted by Gasteiger charge is -2.15. The van der Waals surface area contributed by atoms with Gasteiger partial charge in [0.15, 0.2) is 0 Å². The molecule has 122 valence electrons. The first-order valence-corrected chi connectivity index (χ1v) is 8.92. The van der Waals surface area contributed by atoms with Crippen molar-refractivity contribution in [3.8, 4) is 5.75 Å². The molecule has 23 heavy (non-hydrogen) atoms. The zero-order valence-electron chi connectivity index (χ0n) is 13.8. The van der Waals surface area contributed by atoms with Crippen LogP contribution in [0.2, 0.25) is 0 Å². The third-order valence-corrected chi connectivity index (χ3v) is 4.62. The number of benzene rings is 2. The maximum Gasteiger partial charge on any atom is 0.224 e. The van der Waals surface area contributed by atoms with Gasteiger partial charge in [-0.3, -0.25) is 4.79 Å². The molecule has 0 spiro atoms. The molecular formula is C19H22INO2. The molecule has 0 aromatic heterocycles. The molecule has 0 saturated carbocycles. The Bertz CT molecular complexity index is 698. The van der Waals surface area contributed by atoms with E-state index in [-0.39, 0.29) is 5.91 Å². The lowest BCUT2D eigenvalue weighted by atomic mass is 10.1. The quantitative estimate of drug-likeness (QED) is 0.658. The Kier molecular flexibility index (Phi) is 6.45. The van der Waals surface area contributed by atoms with E-state index < -0.39 is 0 Å². The third kappa shape index (κ3) is 4.70. The van der Waals surface area contributed by atoms with Gasteiger partial charge in [-0.25, -0.2) is 0 Å². The average Bonchev–Trinajstić information content (AvgIpc) is 2.56. The van der Waals surface area contributed by atoms with Crippen LogP contribution in [-0.4, -0.2) is 5.91 Å². The monoisotopic (exact) mass is 423 g/mol. The summed E-state index contributed by atoms with van der Waals surface area (Å²) in [6.07, 6.45) is 1.48. The molecular weight excluding hydrogens is 401 g/mol. The fraction of sp³-hybridized carbons (Fsp3) is 0.316. The summed E-state index contributed by atoms with van der Waals surface area (Å²) in [5.74, 6) is 0.896. The van der Waals surface area contributed by atoms with Crippen molar-refractivity contribution in [3.05, 3.63) is 56.7 Å². The first-order valence-electron chi connectivity index (χ1n) is 7.84. The van der Waals surface area contributed by atoms with Crippen LogP contribution in [0.3, 0.4) is 0 Å². The second kappa shape index (κ2) is 8.34. The zero-order chi connectivity index (χ0) is 16.8. The van der Waals surface area contributed by atoms with Crippen molar-refractivity contribution in [1.82, 2.24) is 0 Å². The van der Waals surface area contributed by atoms with E-state index in [1.165, 1.54) is 5.56 Å². The Morgan fingerprint density at radius 3 is 2.65 bits per heavy atom. The van der Waals surface area contributed by atoms with Crippen molar-refractivity contribution in [3.63, 3.8) is 0 Å². The first-order chi connectivity index (χ1) is 11.0.